The van der Waals surface area contributed by atoms with Gasteiger partial charge >= 0.3 is 0 Å². The standard InChI is InChI=1S/C21H30BO3.C2H6/c1-2-3-4-8-11-18-19(21(25)14-20(18)24)13-12-17(23)15-22-16-9-6-5-7-10-16;1-2/h4-10,12-13,17-21,23-25H,2-3,11,14-15H2,1H3;1-2H3/b8-4-,13-12+;/t17-,18?,19?,20?,21?;/m1./s1. The lowest BCUT2D eigenvalue weighted by Crippen LogP contribution is -2.21. The van der Waals surface area contributed by atoms with E-state index in [4.69, 9.17) is 0 Å². The van der Waals surface area contributed by atoms with Gasteiger partial charge in [-0.1, -0.05) is 87.3 Å². The number of hydrogen-bond donors (Lipinski definition) is 3. The average molecular weight is 371 g/mol. The minimum absolute atomic E-state index is 0.0182. The van der Waals surface area contributed by atoms with Crippen molar-refractivity contribution in [2.75, 3.05) is 0 Å². The molecule has 1 fully saturated rings. The molecule has 1 aliphatic carbocycles. The van der Waals surface area contributed by atoms with Crippen LogP contribution in [0.4, 0.5) is 0 Å². The number of aliphatic hydroxyl groups is 3. The minimum Gasteiger partial charge on any atom is -0.393 e. The van der Waals surface area contributed by atoms with Gasteiger partial charge in [0.1, 0.15) is 0 Å². The van der Waals surface area contributed by atoms with Gasteiger partial charge in [0.25, 0.3) is 0 Å². The third-order valence-corrected chi connectivity index (χ3v) is 4.90. The first kappa shape index (κ1) is 23.7. The van der Waals surface area contributed by atoms with E-state index in [2.05, 4.69) is 19.1 Å². The molecule has 0 saturated heterocycles. The van der Waals surface area contributed by atoms with Crippen molar-refractivity contribution < 1.29 is 15.3 Å². The molecule has 2 rings (SSSR count). The van der Waals surface area contributed by atoms with E-state index in [1.54, 1.807) is 6.08 Å². The van der Waals surface area contributed by atoms with Crippen LogP contribution in [0.2, 0.25) is 6.32 Å². The Hall–Kier alpha value is -1.36. The van der Waals surface area contributed by atoms with Crippen LogP contribution in [0.5, 0.6) is 0 Å². The van der Waals surface area contributed by atoms with E-state index in [-0.39, 0.29) is 11.8 Å². The van der Waals surface area contributed by atoms with E-state index < -0.39 is 18.3 Å². The van der Waals surface area contributed by atoms with Crippen molar-refractivity contribution in [3.8, 4) is 0 Å². The maximum absolute atomic E-state index is 10.2. The zero-order valence-corrected chi connectivity index (χ0v) is 17.0. The number of hydrogen-bond acceptors (Lipinski definition) is 3. The second-order valence-corrected chi connectivity index (χ2v) is 6.91. The molecule has 0 spiro atoms. The Labute approximate surface area is 166 Å². The van der Waals surface area contributed by atoms with Gasteiger partial charge in [-0.25, -0.2) is 0 Å². The van der Waals surface area contributed by atoms with Gasteiger partial charge in [0.05, 0.1) is 18.3 Å². The summed E-state index contributed by atoms with van der Waals surface area (Å²) in [7, 11) is 2.00. The Balaban J connectivity index is 0.00000176. The van der Waals surface area contributed by atoms with Crippen LogP contribution in [0, 0.1) is 11.8 Å². The van der Waals surface area contributed by atoms with Crippen molar-refractivity contribution in [2.45, 2.75) is 71.1 Å². The van der Waals surface area contributed by atoms with Crippen LogP contribution in [0.15, 0.2) is 54.6 Å². The molecule has 1 aromatic carbocycles. The molecule has 0 bridgehead atoms. The van der Waals surface area contributed by atoms with Crippen LogP contribution in [-0.4, -0.2) is 40.9 Å². The molecule has 0 aromatic heterocycles. The van der Waals surface area contributed by atoms with Crippen molar-refractivity contribution in [1.82, 2.24) is 0 Å². The number of aliphatic hydroxyl groups excluding tert-OH is 3. The Bertz CT molecular complexity index is 544. The first-order chi connectivity index (χ1) is 13.1. The summed E-state index contributed by atoms with van der Waals surface area (Å²) >= 11 is 0. The fraction of sp³-hybridized carbons (Fsp3) is 0.565. The van der Waals surface area contributed by atoms with E-state index >= 15 is 0 Å². The number of allylic oxidation sites excluding steroid dienone is 2. The highest BCUT2D eigenvalue weighted by molar-refractivity contribution is 6.53. The highest BCUT2D eigenvalue weighted by Gasteiger charge is 2.39. The first-order valence-electron chi connectivity index (χ1n) is 10.4. The largest absolute Gasteiger partial charge is 0.393 e. The summed E-state index contributed by atoms with van der Waals surface area (Å²) in [6.07, 6.45) is 10.2. The van der Waals surface area contributed by atoms with Crippen LogP contribution >= 0.6 is 0 Å². The van der Waals surface area contributed by atoms with Gasteiger partial charge in [0.2, 0.25) is 0 Å². The topological polar surface area (TPSA) is 60.7 Å². The smallest absolute Gasteiger partial charge is 0.154 e. The predicted molar refractivity (Wildman–Crippen MR) is 115 cm³/mol. The minimum atomic E-state index is -0.582. The van der Waals surface area contributed by atoms with Gasteiger partial charge in [0, 0.05) is 12.3 Å². The molecule has 3 N–H and O–H groups in total. The molecule has 27 heavy (non-hydrogen) atoms. The summed E-state index contributed by atoms with van der Waals surface area (Å²) in [5, 5.41) is 30.6. The quantitative estimate of drug-likeness (QED) is 0.460. The fourth-order valence-electron chi connectivity index (χ4n) is 3.43. The lowest BCUT2D eigenvalue weighted by molar-refractivity contribution is 0.120. The molecule has 1 saturated carbocycles. The maximum atomic E-state index is 10.2. The van der Waals surface area contributed by atoms with Gasteiger partial charge in [-0.05, 0) is 25.1 Å². The second kappa shape index (κ2) is 13.8. The predicted octanol–water partition coefficient (Wildman–Crippen LogP) is 3.48. The monoisotopic (exact) mass is 371 g/mol. The zero-order chi connectivity index (χ0) is 20.1. The summed E-state index contributed by atoms with van der Waals surface area (Å²) in [6.45, 7) is 6.14. The van der Waals surface area contributed by atoms with Crippen molar-refractivity contribution in [3.63, 3.8) is 0 Å². The van der Waals surface area contributed by atoms with Gasteiger partial charge < -0.3 is 15.3 Å². The number of benzene rings is 1. The van der Waals surface area contributed by atoms with Crippen LogP contribution in [-0.2, 0) is 0 Å². The Morgan fingerprint density at radius 2 is 1.81 bits per heavy atom. The molecular formula is C23H36BO3. The molecular weight excluding hydrogens is 335 g/mol. The van der Waals surface area contributed by atoms with Crippen LogP contribution < -0.4 is 5.46 Å². The molecule has 0 aliphatic heterocycles. The first-order valence-corrected chi connectivity index (χ1v) is 10.4. The Morgan fingerprint density at radius 1 is 1.11 bits per heavy atom. The molecule has 1 aliphatic rings. The third kappa shape index (κ3) is 8.46. The number of unbranched alkanes of at least 4 members (excludes halogenated alkanes) is 1. The van der Waals surface area contributed by atoms with Crippen LogP contribution in [0.1, 0.15) is 46.5 Å². The molecule has 3 nitrogen and oxygen atoms in total. The highest BCUT2D eigenvalue weighted by atomic mass is 16.3. The van der Waals surface area contributed by atoms with Gasteiger partial charge in [-0.15, -0.1) is 0 Å². The van der Waals surface area contributed by atoms with Gasteiger partial charge in [0.15, 0.2) is 7.28 Å². The lowest BCUT2D eigenvalue weighted by Gasteiger charge is -2.19. The van der Waals surface area contributed by atoms with Crippen LogP contribution in [0.25, 0.3) is 0 Å². The maximum Gasteiger partial charge on any atom is 0.154 e. The zero-order valence-electron chi connectivity index (χ0n) is 17.0. The molecule has 149 valence electrons. The van der Waals surface area contributed by atoms with E-state index in [0.29, 0.717) is 12.7 Å². The molecule has 0 heterocycles. The molecule has 1 radical (unpaired) electrons. The molecule has 0 amide bonds. The molecule has 4 unspecified atom stereocenters. The van der Waals surface area contributed by atoms with E-state index in [0.717, 1.165) is 24.7 Å². The molecule has 5 atom stereocenters. The number of rotatable bonds is 9. The SMILES string of the molecule is CC.CCC/C=C\CC1C(O)CC(O)C1/C=C/[C@@H](O)C[B]c1ccccc1. The summed E-state index contributed by atoms with van der Waals surface area (Å²) in [5.41, 5.74) is 1.09. The average Bonchev–Trinajstić information content (AvgIpc) is 2.97. The summed E-state index contributed by atoms with van der Waals surface area (Å²) in [6, 6.07) is 9.93. The van der Waals surface area contributed by atoms with Gasteiger partial charge in [-0.2, -0.15) is 0 Å². The summed E-state index contributed by atoms with van der Waals surface area (Å²) < 4.78 is 0. The van der Waals surface area contributed by atoms with E-state index in [1.807, 2.05) is 57.5 Å². The van der Waals surface area contributed by atoms with E-state index in [1.165, 1.54) is 0 Å². The summed E-state index contributed by atoms with van der Waals surface area (Å²) in [5.74, 6) is -0.0858. The van der Waals surface area contributed by atoms with Crippen molar-refractivity contribution in [1.29, 1.82) is 0 Å². The van der Waals surface area contributed by atoms with Crippen LogP contribution in [0.3, 0.4) is 0 Å². The second-order valence-electron chi connectivity index (χ2n) is 6.91. The lowest BCUT2D eigenvalue weighted by atomic mass is 9.65. The molecule has 1 aromatic rings. The Kier molecular flexibility index (Phi) is 12.1. The Morgan fingerprint density at radius 3 is 2.48 bits per heavy atom. The third-order valence-electron chi connectivity index (χ3n) is 4.90. The van der Waals surface area contributed by atoms with Crippen molar-refractivity contribution in [2.24, 2.45) is 11.8 Å². The van der Waals surface area contributed by atoms with Crippen molar-refractivity contribution >= 4 is 12.7 Å². The molecule has 4 heteroatoms. The van der Waals surface area contributed by atoms with Gasteiger partial charge in [-0.3, -0.25) is 0 Å². The van der Waals surface area contributed by atoms with Crippen molar-refractivity contribution in [3.05, 3.63) is 54.6 Å². The highest BCUT2D eigenvalue weighted by Crippen LogP contribution is 2.36. The summed E-state index contributed by atoms with van der Waals surface area (Å²) in [4.78, 5) is 0. The fourth-order valence-corrected chi connectivity index (χ4v) is 3.43. The normalized spacial score (nSPS) is 26.1. The van der Waals surface area contributed by atoms with E-state index in [9.17, 15) is 15.3 Å².